The van der Waals surface area contributed by atoms with Gasteiger partial charge in [-0.15, -0.1) is 12.6 Å². The zero-order valence-corrected chi connectivity index (χ0v) is 18.9. The molecule has 0 aromatic heterocycles. The Hall–Kier alpha value is -4.36. The number of nitrogen functional groups attached to an aromatic ring is 1. The molecule has 7 heteroatoms. The van der Waals surface area contributed by atoms with Gasteiger partial charge in [0.15, 0.2) is 5.75 Å². The lowest BCUT2D eigenvalue weighted by atomic mass is 10.0. The first kappa shape index (κ1) is 22.8. The third-order valence-corrected chi connectivity index (χ3v) is 5.51. The zero-order valence-electron chi connectivity index (χ0n) is 18.0. The lowest BCUT2D eigenvalue weighted by Gasteiger charge is -2.14. The van der Waals surface area contributed by atoms with E-state index in [2.05, 4.69) is 17.9 Å². The number of nitrogens with two attached hydrogens (primary N) is 1. The Morgan fingerprint density at radius 2 is 1.68 bits per heavy atom. The van der Waals surface area contributed by atoms with Crippen molar-refractivity contribution in [1.82, 2.24) is 0 Å². The Morgan fingerprint density at radius 1 is 0.912 bits per heavy atom. The van der Waals surface area contributed by atoms with Crippen LogP contribution in [0.1, 0.15) is 26.3 Å². The van der Waals surface area contributed by atoms with Crippen LogP contribution in [0.3, 0.4) is 0 Å². The van der Waals surface area contributed by atoms with Crippen LogP contribution in [0.2, 0.25) is 0 Å². The maximum atomic E-state index is 13.0. The molecule has 0 bridgehead atoms. The summed E-state index contributed by atoms with van der Waals surface area (Å²) in [4.78, 5) is 25.1. The van der Waals surface area contributed by atoms with Crippen molar-refractivity contribution in [3.8, 4) is 22.6 Å². The second kappa shape index (κ2) is 10.1. The summed E-state index contributed by atoms with van der Waals surface area (Å²) in [6.45, 7) is 0. The molecule has 0 aliphatic carbocycles. The number of anilines is 1. The highest BCUT2D eigenvalue weighted by atomic mass is 32.1. The number of nitrogens with one attached hydrogen (secondary N) is 2. The van der Waals surface area contributed by atoms with Crippen LogP contribution in [0.5, 0.6) is 11.5 Å². The van der Waals surface area contributed by atoms with Crippen LogP contribution in [0.4, 0.5) is 5.69 Å². The summed E-state index contributed by atoms with van der Waals surface area (Å²) in [7, 11) is 0. The first-order valence-corrected chi connectivity index (χ1v) is 10.8. The first-order chi connectivity index (χ1) is 16.4. The van der Waals surface area contributed by atoms with Crippen molar-refractivity contribution in [2.45, 2.75) is 4.90 Å². The maximum absolute atomic E-state index is 13.0. The molecule has 0 saturated carbocycles. The van der Waals surface area contributed by atoms with E-state index in [9.17, 15) is 9.59 Å². The van der Waals surface area contributed by atoms with Crippen LogP contribution in [0.25, 0.3) is 11.1 Å². The number of thiol groups is 1. The Labute approximate surface area is 202 Å². The van der Waals surface area contributed by atoms with Gasteiger partial charge >= 0.3 is 0 Å². The Balaban J connectivity index is 1.58. The number of benzene rings is 4. The lowest BCUT2D eigenvalue weighted by Crippen LogP contribution is -2.13. The molecule has 34 heavy (non-hydrogen) atoms. The molecule has 0 unspecified atom stereocenters. The third kappa shape index (κ3) is 5.16. The molecule has 4 aromatic carbocycles. The number of rotatable bonds is 7. The maximum Gasteiger partial charge on any atom is 0.255 e. The fourth-order valence-corrected chi connectivity index (χ4v) is 3.66. The molecule has 0 radical (unpaired) electrons. The largest absolute Gasteiger partial charge is 0.455 e. The monoisotopic (exact) mass is 467 g/mol. The van der Waals surface area contributed by atoms with Crippen molar-refractivity contribution in [2.24, 2.45) is 5.73 Å². The molecule has 0 fully saturated rings. The number of amides is 1. The van der Waals surface area contributed by atoms with Crippen LogP contribution in [0, 0.1) is 5.41 Å². The molecule has 168 valence electrons. The van der Waals surface area contributed by atoms with Gasteiger partial charge in [-0.3, -0.25) is 15.0 Å². The number of amidine groups is 1. The van der Waals surface area contributed by atoms with Gasteiger partial charge in [0.2, 0.25) is 0 Å². The quantitative estimate of drug-likeness (QED) is 0.120. The van der Waals surface area contributed by atoms with E-state index >= 15 is 0 Å². The van der Waals surface area contributed by atoms with Crippen LogP contribution >= 0.6 is 12.6 Å². The van der Waals surface area contributed by atoms with Crippen LogP contribution in [-0.2, 0) is 0 Å². The van der Waals surface area contributed by atoms with Crippen molar-refractivity contribution < 1.29 is 14.3 Å². The van der Waals surface area contributed by atoms with Crippen LogP contribution in [-0.4, -0.2) is 18.0 Å². The van der Waals surface area contributed by atoms with Crippen molar-refractivity contribution in [2.75, 3.05) is 5.32 Å². The molecule has 4 rings (SSSR count). The first-order valence-electron chi connectivity index (χ1n) is 10.4. The lowest BCUT2D eigenvalue weighted by molar-refractivity contribution is 0.102. The predicted octanol–water partition coefficient (Wildman–Crippen LogP) is 5.78. The number of carbonyl (C=O) groups excluding carboxylic acids is 2. The molecule has 0 aliphatic rings. The number of hydrogen-bond acceptors (Lipinski definition) is 5. The van der Waals surface area contributed by atoms with Gasteiger partial charge in [0.25, 0.3) is 5.91 Å². The second-order valence-electron chi connectivity index (χ2n) is 7.47. The molecule has 1 amide bonds. The minimum atomic E-state index is -0.351. The van der Waals surface area contributed by atoms with E-state index in [0.29, 0.717) is 40.2 Å². The van der Waals surface area contributed by atoms with E-state index < -0.39 is 0 Å². The van der Waals surface area contributed by atoms with Crippen molar-refractivity contribution in [1.29, 1.82) is 5.41 Å². The molecule has 0 spiro atoms. The predicted molar refractivity (Wildman–Crippen MR) is 136 cm³/mol. The van der Waals surface area contributed by atoms with Gasteiger partial charge in [0.1, 0.15) is 17.9 Å². The summed E-state index contributed by atoms with van der Waals surface area (Å²) in [6.07, 6.45) is 0.694. The third-order valence-electron chi connectivity index (χ3n) is 5.12. The normalized spacial score (nSPS) is 10.4. The minimum Gasteiger partial charge on any atom is -0.455 e. The van der Waals surface area contributed by atoms with Gasteiger partial charge in [-0.05, 0) is 59.7 Å². The number of ether oxygens (including phenoxy) is 1. The van der Waals surface area contributed by atoms with Crippen molar-refractivity contribution in [3.05, 3.63) is 108 Å². The van der Waals surface area contributed by atoms with Crippen LogP contribution < -0.4 is 15.8 Å². The average Bonchev–Trinajstić information content (AvgIpc) is 2.85. The smallest absolute Gasteiger partial charge is 0.255 e. The molecule has 0 saturated heterocycles. The summed E-state index contributed by atoms with van der Waals surface area (Å²) in [6, 6.07) is 26.4. The summed E-state index contributed by atoms with van der Waals surface area (Å²) in [5, 5.41) is 10.4. The van der Waals surface area contributed by atoms with Crippen LogP contribution in [0.15, 0.2) is 95.9 Å². The average molecular weight is 468 g/mol. The Kier molecular flexibility index (Phi) is 6.75. The molecule has 0 atom stereocenters. The molecule has 6 nitrogen and oxygen atoms in total. The summed E-state index contributed by atoms with van der Waals surface area (Å²) in [5.41, 5.74) is 9.16. The molecular weight excluding hydrogens is 446 g/mol. The zero-order chi connectivity index (χ0) is 24.1. The fraction of sp³-hybridized carbons (Fsp3) is 0. The summed E-state index contributed by atoms with van der Waals surface area (Å²) >= 11 is 4.49. The number of carbonyl (C=O) groups is 2. The highest BCUT2D eigenvalue weighted by Gasteiger charge is 2.13. The highest BCUT2D eigenvalue weighted by molar-refractivity contribution is 7.80. The molecule has 4 N–H and O–H groups in total. The Bertz CT molecular complexity index is 1380. The van der Waals surface area contributed by atoms with E-state index in [1.807, 2.05) is 36.4 Å². The molecule has 4 aromatic rings. The minimum absolute atomic E-state index is 0.0840. The van der Waals surface area contributed by atoms with E-state index in [4.69, 9.17) is 15.9 Å². The van der Waals surface area contributed by atoms with E-state index in [-0.39, 0.29) is 11.7 Å². The number of hydrogen-bond donors (Lipinski definition) is 4. The van der Waals surface area contributed by atoms with E-state index in [0.717, 1.165) is 16.0 Å². The van der Waals surface area contributed by atoms with Crippen molar-refractivity contribution >= 4 is 36.3 Å². The summed E-state index contributed by atoms with van der Waals surface area (Å²) in [5.74, 6) is 0.354. The summed E-state index contributed by atoms with van der Waals surface area (Å²) < 4.78 is 5.94. The van der Waals surface area contributed by atoms with Gasteiger partial charge in [0, 0.05) is 21.6 Å². The Morgan fingerprint density at radius 3 is 2.38 bits per heavy atom. The number of aldehydes is 1. The topological polar surface area (TPSA) is 105 Å². The molecule has 0 aliphatic heterocycles. The van der Waals surface area contributed by atoms with Gasteiger partial charge < -0.3 is 15.8 Å². The molecule has 0 heterocycles. The second-order valence-corrected chi connectivity index (χ2v) is 7.95. The van der Waals surface area contributed by atoms with Gasteiger partial charge in [0.05, 0.1) is 5.69 Å². The highest BCUT2D eigenvalue weighted by Crippen LogP contribution is 2.32. The molecular formula is C27H21N3O3S. The van der Waals surface area contributed by atoms with Crippen molar-refractivity contribution in [3.63, 3.8) is 0 Å². The fourth-order valence-electron chi connectivity index (χ4n) is 3.38. The van der Waals surface area contributed by atoms with Gasteiger partial charge in [-0.1, -0.05) is 42.5 Å². The standard InChI is InChI=1S/C27H21N3O3S/c28-26(29)20-4-3-5-21(15-20)33-24-13-8-17(16-31)14-23(24)30-27(32)19-11-9-18(10-12-19)22-6-1-2-7-25(22)34/h1-16,34H,(H3,28,29)(H,30,32). The van der Waals surface area contributed by atoms with E-state index in [1.54, 1.807) is 54.6 Å². The van der Waals surface area contributed by atoms with Gasteiger partial charge in [-0.2, -0.15) is 0 Å². The SMILES string of the molecule is N=C(N)c1cccc(Oc2ccc(C=O)cc2NC(=O)c2ccc(-c3ccccc3S)cc2)c1. The van der Waals surface area contributed by atoms with E-state index in [1.165, 1.54) is 0 Å². The van der Waals surface area contributed by atoms with Gasteiger partial charge in [-0.25, -0.2) is 0 Å².